The molecule has 1 aromatic carbocycles. The molecule has 23 heavy (non-hydrogen) atoms. The topological polar surface area (TPSA) is 82.7 Å². The number of nitrogens with two attached hydrogens (primary N) is 1. The van der Waals surface area contributed by atoms with Crippen molar-refractivity contribution in [1.82, 2.24) is 9.88 Å². The number of piperazine rings is 1. The largest absolute Gasteiger partial charge is 0.476 e. The summed E-state index contributed by atoms with van der Waals surface area (Å²) in [5.41, 5.74) is 8.39. The second-order valence-electron chi connectivity index (χ2n) is 5.78. The average Bonchev–Trinajstić information content (AvgIpc) is 2.56. The third kappa shape index (κ3) is 3.27. The van der Waals surface area contributed by atoms with Gasteiger partial charge < -0.3 is 20.6 Å². The SMILES string of the molecule is CN1CCN(c2ccc(-c3ccc(N)c(C(=O)O)n3)cc2)CC1. The first kappa shape index (κ1) is 15.3. The number of carboxylic acid groups (broad SMARTS) is 1. The van der Waals surface area contributed by atoms with Crippen LogP contribution < -0.4 is 10.6 Å². The maximum Gasteiger partial charge on any atom is 0.356 e. The lowest BCUT2D eigenvalue weighted by atomic mass is 10.1. The number of rotatable bonds is 3. The molecule has 2 aromatic rings. The number of pyridine rings is 1. The number of nitrogens with zero attached hydrogens (tertiary/aromatic N) is 3. The highest BCUT2D eigenvalue weighted by molar-refractivity contribution is 5.92. The Balaban J connectivity index is 1.82. The molecular weight excluding hydrogens is 292 g/mol. The molecule has 0 saturated carbocycles. The second kappa shape index (κ2) is 6.26. The minimum Gasteiger partial charge on any atom is -0.476 e. The van der Waals surface area contributed by atoms with Gasteiger partial charge in [0.2, 0.25) is 0 Å². The van der Waals surface area contributed by atoms with Gasteiger partial charge >= 0.3 is 5.97 Å². The summed E-state index contributed by atoms with van der Waals surface area (Å²) in [6, 6.07) is 11.4. The van der Waals surface area contributed by atoms with Gasteiger partial charge in [-0.25, -0.2) is 9.78 Å². The van der Waals surface area contributed by atoms with E-state index in [1.54, 1.807) is 12.1 Å². The summed E-state index contributed by atoms with van der Waals surface area (Å²) in [6.45, 7) is 4.14. The van der Waals surface area contributed by atoms with Crippen LogP contribution in [0.1, 0.15) is 10.5 Å². The fraction of sp³-hybridized carbons (Fsp3) is 0.294. The van der Waals surface area contributed by atoms with Crippen LogP contribution in [0.5, 0.6) is 0 Å². The Bertz CT molecular complexity index is 707. The highest BCUT2D eigenvalue weighted by Gasteiger charge is 2.15. The van der Waals surface area contributed by atoms with Gasteiger partial charge in [0.05, 0.1) is 11.4 Å². The van der Waals surface area contributed by atoms with Gasteiger partial charge in [0, 0.05) is 37.4 Å². The Morgan fingerprint density at radius 3 is 2.35 bits per heavy atom. The number of hydrogen-bond donors (Lipinski definition) is 2. The van der Waals surface area contributed by atoms with E-state index in [1.807, 2.05) is 12.1 Å². The Morgan fingerprint density at radius 2 is 1.74 bits per heavy atom. The first-order valence-corrected chi connectivity index (χ1v) is 7.58. The van der Waals surface area contributed by atoms with Crippen molar-refractivity contribution in [3.05, 3.63) is 42.1 Å². The number of hydrogen-bond acceptors (Lipinski definition) is 5. The standard InChI is InChI=1S/C17H20N4O2/c1-20-8-10-21(11-9-20)13-4-2-12(3-5-13)15-7-6-14(18)16(19-15)17(22)23/h2-7H,8-11,18H2,1H3,(H,22,23). The van der Waals surface area contributed by atoms with Crippen LogP contribution in [0.25, 0.3) is 11.3 Å². The Kier molecular flexibility index (Phi) is 4.16. The minimum atomic E-state index is -1.11. The molecule has 1 aliphatic heterocycles. The van der Waals surface area contributed by atoms with Crippen molar-refractivity contribution < 1.29 is 9.90 Å². The van der Waals surface area contributed by atoms with Gasteiger partial charge in [0.1, 0.15) is 0 Å². The maximum absolute atomic E-state index is 11.1. The smallest absolute Gasteiger partial charge is 0.356 e. The summed E-state index contributed by atoms with van der Waals surface area (Å²) in [7, 11) is 2.13. The van der Waals surface area contributed by atoms with Crippen molar-refractivity contribution in [2.75, 3.05) is 43.9 Å². The molecule has 3 N–H and O–H groups in total. The normalized spacial score (nSPS) is 15.6. The van der Waals surface area contributed by atoms with E-state index in [4.69, 9.17) is 10.8 Å². The van der Waals surface area contributed by atoms with E-state index < -0.39 is 5.97 Å². The number of likely N-dealkylation sites (N-methyl/N-ethyl adjacent to an activating group) is 1. The summed E-state index contributed by atoms with van der Waals surface area (Å²) >= 11 is 0. The van der Waals surface area contributed by atoms with Crippen molar-refractivity contribution in [1.29, 1.82) is 0 Å². The monoisotopic (exact) mass is 312 g/mol. The fourth-order valence-corrected chi connectivity index (χ4v) is 2.71. The van der Waals surface area contributed by atoms with E-state index in [-0.39, 0.29) is 11.4 Å². The highest BCUT2D eigenvalue weighted by Crippen LogP contribution is 2.24. The molecule has 1 fully saturated rings. The molecule has 6 nitrogen and oxygen atoms in total. The van der Waals surface area contributed by atoms with Crippen molar-refractivity contribution in [3.63, 3.8) is 0 Å². The summed E-state index contributed by atoms with van der Waals surface area (Å²) in [5, 5.41) is 9.12. The molecule has 0 bridgehead atoms. The van der Waals surface area contributed by atoms with Crippen LogP contribution in [0.15, 0.2) is 36.4 Å². The zero-order valence-electron chi connectivity index (χ0n) is 13.1. The fourth-order valence-electron chi connectivity index (χ4n) is 2.71. The highest BCUT2D eigenvalue weighted by atomic mass is 16.4. The molecule has 0 amide bonds. The van der Waals surface area contributed by atoms with Gasteiger partial charge in [0.25, 0.3) is 0 Å². The van der Waals surface area contributed by atoms with Gasteiger partial charge in [-0.2, -0.15) is 0 Å². The van der Waals surface area contributed by atoms with Gasteiger partial charge in [-0.1, -0.05) is 12.1 Å². The summed E-state index contributed by atoms with van der Waals surface area (Å²) in [4.78, 5) is 20.0. The molecule has 0 spiro atoms. The molecule has 1 aromatic heterocycles. The van der Waals surface area contributed by atoms with E-state index in [2.05, 4.69) is 34.0 Å². The van der Waals surface area contributed by atoms with Gasteiger partial charge in [-0.15, -0.1) is 0 Å². The molecule has 2 heterocycles. The van der Waals surface area contributed by atoms with Gasteiger partial charge in [-0.05, 0) is 31.3 Å². The van der Waals surface area contributed by atoms with E-state index in [0.717, 1.165) is 31.7 Å². The van der Waals surface area contributed by atoms with Crippen molar-refractivity contribution in [2.24, 2.45) is 0 Å². The summed E-state index contributed by atoms with van der Waals surface area (Å²) in [6.07, 6.45) is 0. The number of nitrogen functional groups attached to an aromatic ring is 1. The third-order valence-corrected chi connectivity index (χ3v) is 4.16. The zero-order valence-corrected chi connectivity index (χ0v) is 13.1. The lowest BCUT2D eigenvalue weighted by molar-refractivity contribution is 0.0692. The van der Waals surface area contributed by atoms with E-state index >= 15 is 0 Å². The van der Waals surface area contributed by atoms with E-state index in [1.165, 1.54) is 5.69 Å². The first-order chi connectivity index (χ1) is 11.0. The Hall–Kier alpha value is -2.60. The van der Waals surface area contributed by atoms with Crippen LogP contribution in [0.4, 0.5) is 11.4 Å². The second-order valence-corrected chi connectivity index (χ2v) is 5.78. The number of carboxylic acids is 1. The van der Waals surface area contributed by atoms with Crippen LogP contribution in [-0.2, 0) is 0 Å². The average molecular weight is 312 g/mol. The predicted octanol–water partition coefficient (Wildman–Crippen LogP) is 1.78. The molecule has 1 aliphatic rings. The number of anilines is 2. The Labute approximate surface area is 135 Å². The van der Waals surface area contributed by atoms with Crippen LogP contribution in [0.3, 0.4) is 0 Å². The van der Waals surface area contributed by atoms with E-state index in [0.29, 0.717) is 5.69 Å². The number of aromatic carboxylic acids is 1. The molecule has 1 saturated heterocycles. The number of benzene rings is 1. The number of aromatic nitrogens is 1. The zero-order chi connectivity index (χ0) is 16.4. The van der Waals surface area contributed by atoms with Crippen LogP contribution >= 0.6 is 0 Å². The number of carbonyl (C=O) groups is 1. The molecule has 120 valence electrons. The third-order valence-electron chi connectivity index (χ3n) is 4.16. The lowest BCUT2D eigenvalue weighted by Gasteiger charge is -2.34. The quantitative estimate of drug-likeness (QED) is 0.899. The van der Waals surface area contributed by atoms with Crippen LogP contribution in [0.2, 0.25) is 0 Å². The van der Waals surface area contributed by atoms with Crippen molar-refractivity contribution >= 4 is 17.3 Å². The van der Waals surface area contributed by atoms with E-state index in [9.17, 15) is 4.79 Å². The van der Waals surface area contributed by atoms with Gasteiger partial charge in [-0.3, -0.25) is 0 Å². The molecule has 6 heteroatoms. The maximum atomic E-state index is 11.1. The Morgan fingerprint density at radius 1 is 1.09 bits per heavy atom. The van der Waals surface area contributed by atoms with Crippen LogP contribution in [-0.4, -0.2) is 54.2 Å². The molecular formula is C17H20N4O2. The lowest BCUT2D eigenvalue weighted by Crippen LogP contribution is -2.44. The predicted molar refractivity (Wildman–Crippen MR) is 90.8 cm³/mol. The molecule has 0 aliphatic carbocycles. The van der Waals surface area contributed by atoms with Gasteiger partial charge in [0.15, 0.2) is 5.69 Å². The van der Waals surface area contributed by atoms with Crippen molar-refractivity contribution in [3.8, 4) is 11.3 Å². The summed E-state index contributed by atoms with van der Waals surface area (Å²) < 4.78 is 0. The van der Waals surface area contributed by atoms with Crippen LogP contribution in [0, 0.1) is 0 Å². The molecule has 0 unspecified atom stereocenters. The summed E-state index contributed by atoms with van der Waals surface area (Å²) in [5.74, 6) is -1.11. The minimum absolute atomic E-state index is 0.106. The molecule has 0 atom stereocenters. The first-order valence-electron chi connectivity index (χ1n) is 7.58. The van der Waals surface area contributed by atoms with Crippen molar-refractivity contribution in [2.45, 2.75) is 0 Å². The molecule has 3 rings (SSSR count). The molecule has 0 radical (unpaired) electrons.